The Kier molecular flexibility index (Phi) is 11.9. The van der Waals surface area contributed by atoms with Crippen LogP contribution in [0.4, 0.5) is 4.79 Å². The molecule has 140 valence electrons. The first-order valence-electron chi connectivity index (χ1n) is 9.17. The van der Waals surface area contributed by atoms with E-state index in [9.17, 15) is 9.59 Å². The Hall–Kier alpha value is -2.14. The van der Waals surface area contributed by atoms with Crippen molar-refractivity contribution in [3.05, 3.63) is 18.7 Å². The number of aryl methyl sites for hydroxylation is 2. The van der Waals surface area contributed by atoms with E-state index in [0.29, 0.717) is 19.7 Å². The van der Waals surface area contributed by atoms with E-state index in [1.807, 2.05) is 17.8 Å². The SMILES string of the molecule is C[n+]1ccn(CCCCCCOC(=O)NCCCCCCN=C=O)c1. The highest BCUT2D eigenvalue weighted by molar-refractivity contribution is 5.66. The number of nitrogens with zero attached hydrogens (tertiary/aromatic N) is 3. The number of hydrogen-bond donors (Lipinski definition) is 1. The largest absolute Gasteiger partial charge is 0.450 e. The minimum atomic E-state index is -0.328. The molecule has 1 heterocycles. The maximum Gasteiger partial charge on any atom is 0.407 e. The molecule has 0 radical (unpaired) electrons. The quantitative estimate of drug-likeness (QED) is 0.242. The highest BCUT2D eigenvalue weighted by Gasteiger charge is 2.02. The standard InChI is InChI=1S/C18H30N4O3/c1-21-13-14-22(17-21)12-8-4-5-9-15-25-18(24)20-11-7-3-2-6-10-19-16-23/h13-14,17H,2-12,15H2,1H3/p+1. The van der Waals surface area contributed by atoms with Gasteiger partial charge in [0.1, 0.15) is 12.4 Å². The van der Waals surface area contributed by atoms with Crippen molar-refractivity contribution in [2.24, 2.45) is 12.0 Å². The number of unbranched alkanes of at least 4 members (excludes halogenated alkanes) is 6. The Balaban J connectivity index is 1.83. The lowest BCUT2D eigenvalue weighted by Crippen LogP contribution is -2.25. The molecule has 1 aromatic rings. The average Bonchev–Trinajstić information content (AvgIpc) is 3.01. The number of alkyl carbamates (subject to hydrolysis) is 1. The summed E-state index contributed by atoms with van der Waals surface area (Å²) in [7, 11) is 2.02. The molecule has 0 unspecified atom stereocenters. The molecule has 0 aliphatic rings. The summed E-state index contributed by atoms with van der Waals surface area (Å²) < 4.78 is 9.37. The number of ether oxygens (including phenoxy) is 1. The molecule has 0 aliphatic carbocycles. The van der Waals surface area contributed by atoms with E-state index < -0.39 is 0 Å². The first-order chi connectivity index (χ1) is 12.2. The van der Waals surface area contributed by atoms with Crippen molar-refractivity contribution in [1.82, 2.24) is 9.88 Å². The highest BCUT2D eigenvalue weighted by atomic mass is 16.5. The third-order valence-corrected chi connectivity index (χ3v) is 3.90. The highest BCUT2D eigenvalue weighted by Crippen LogP contribution is 2.03. The number of carbonyl (C=O) groups excluding carboxylic acids is 2. The van der Waals surface area contributed by atoms with Crippen LogP contribution in [0.1, 0.15) is 51.4 Å². The predicted octanol–water partition coefficient (Wildman–Crippen LogP) is 2.50. The van der Waals surface area contributed by atoms with E-state index in [1.165, 1.54) is 6.08 Å². The van der Waals surface area contributed by atoms with Crippen molar-refractivity contribution in [1.29, 1.82) is 0 Å². The molecule has 25 heavy (non-hydrogen) atoms. The van der Waals surface area contributed by atoms with Crippen LogP contribution in [0.3, 0.4) is 0 Å². The molecule has 7 nitrogen and oxygen atoms in total. The molecule has 1 aromatic heterocycles. The number of aliphatic imine (C=N–C) groups is 1. The van der Waals surface area contributed by atoms with Crippen LogP contribution < -0.4 is 9.88 Å². The molecule has 1 amide bonds. The van der Waals surface area contributed by atoms with Crippen LogP contribution in [0.15, 0.2) is 23.7 Å². The Morgan fingerprint density at radius 1 is 1.16 bits per heavy atom. The number of imidazole rings is 1. The molecule has 0 atom stereocenters. The molecular formula is C18H31N4O3+. The van der Waals surface area contributed by atoms with Gasteiger partial charge in [-0.2, -0.15) is 0 Å². The topological polar surface area (TPSA) is 76.6 Å². The molecule has 0 bridgehead atoms. The van der Waals surface area contributed by atoms with Gasteiger partial charge in [0.15, 0.2) is 0 Å². The molecule has 7 heteroatoms. The Morgan fingerprint density at radius 3 is 2.68 bits per heavy atom. The summed E-state index contributed by atoms with van der Waals surface area (Å²) in [5.41, 5.74) is 0. The molecule has 0 aliphatic heterocycles. The predicted molar refractivity (Wildman–Crippen MR) is 94.9 cm³/mol. The minimum Gasteiger partial charge on any atom is -0.450 e. The number of hydrogen-bond acceptors (Lipinski definition) is 4. The number of rotatable bonds is 14. The van der Waals surface area contributed by atoms with Crippen molar-refractivity contribution < 1.29 is 18.9 Å². The van der Waals surface area contributed by atoms with Gasteiger partial charge in [-0.05, 0) is 38.5 Å². The van der Waals surface area contributed by atoms with Crippen LogP contribution >= 0.6 is 0 Å². The molecule has 0 saturated carbocycles. The number of isocyanates is 1. The van der Waals surface area contributed by atoms with Gasteiger partial charge in [0, 0.05) is 6.54 Å². The number of aromatic nitrogens is 2. The van der Waals surface area contributed by atoms with Gasteiger partial charge in [-0.1, -0.05) is 12.8 Å². The summed E-state index contributed by atoms with van der Waals surface area (Å²) in [4.78, 5) is 24.9. The van der Waals surface area contributed by atoms with Crippen molar-refractivity contribution in [2.75, 3.05) is 19.7 Å². The third-order valence-electron chi connectivity index (χ3n) is 3.90. The second-order valence-corrected chi connectivity index (χ2v) is 6.18. The van der Waals surface area contributed by atoms with Crippen LogP contribution in [0.2, 0.25) is 0 Å². The molecule has 0 saturated heterocycles. The van der Waals surface area contributed by atoms with Gasteiger partial charge in [0.05, 0.1) is 26.7 Å². The van der Waals surface area contributed by atoms with Gasteiger partial charge < -0.3 is 10.1 Å². The molecule has 0 aromatic carbocycles. The Bertz CT molecular complexity index is 524. The van der Waals surface area contributed by atoms with Gasteiger partial charge in [-0.3, -0.25) is 0 Å². The van der Waals surface area contributed by atoms with E-state index in [-0.39, 0.29) is 6.09 Å². The fourth-order valence-corrected chi connectivity index (χ4v) is 2.51. The van der Waals surface area contributed by atoms with Crippen molar-refractivity contribution in [3.8, 4) is 0 Å². The lowest BCUT2D eigenvalue weighted by atomic mass is 10.2. The van der Waals surface area contributed by atoms with Crippen LogP contribution in [0, 0.1) is 0 Å². The Labute approximate surface area is 150 Å². The zero-order valence-electron chi connectivity index (χ0n) is 15.3. The maximum atomic E-state index is 11.5. The second-order valence-electron chi connectivity index (χ2n) is 6.18. The lowest BCUT2D eigenvalue weighted by molar-refractivity contribution is -0.671. The van der Waals surface area contributed by atoms with Gasteiger partial charge in [-0.15, -0.1) is 0 Å². The molecular weight excluding hydrogens is 320 g/mol. The van der Waals surface area contributed by atoms with Crippen molar-refractivity contribution >= 4 is 12.2 Å². The fourth-order valence-electron chi connectivity index (χ4n) is 2.51. The van der Waals surface area contributed by atoms with Gasteiger partial charge in [0.25, 0.3) is 0 Å². The molecule has 1 N–H and O–H groups in total. The first kappa shape index (κ1) is 20.9. The molecule has 0 spiro atoms. The van der Waals surface area contributed by atoms with Crippen LogP contribution in [0.5, 0.6) is 0 Å². The number of amides is 1. The summed E-state index contributed by atoms with van der Waals surface area (Å²) in [5, 5.41) is 2.76. The number of carbonyl (C=O) groups is 1. The van der Waals surface area contributed by atoms with Crippen molar-refractivity contribution in [2.45, 2.75) is 57.9 Å². The summed E-state index contributed by atoms with van der Waals surface area (Å²) >= 11 is 0. The average molecular weight is 351 g/mol. The lowest BCUT2D eigenvalue weighted by Gasteiger charge is -2.06. The number of nitrogens with one attached hydrogen (secondary N) is 1. The smallest absolute Gasteiger partial charge is 0.407 e. The molecule has 0 fully saturated rings. The van der Waals surface area contributed by atoms with Gasteiger partial charge in [0.2, 0.25) is 12.4 Å². The van der Waals surface area contributed by atoms with Crippen LogP contribution in [-0.2, 0) is 23.1 Å². The van der Waals surface area contributed by atoms with Gasteiger partial charge in [-0.25, -0.2) is 23.7 Å². The summed E-state index contributed by atoms with van der Waals surface area (Å²) in [6.45, 7) is 2.69. The van der Waals surface area contributed by atoms with E-state index >= 15 is 0 Å². The third kappa shape index (κ3) is 12.0. The Morgan fingerprint density at radius 2 is 1.92 bits per heavy atom. The maximum absolute atomic E-state index is 11.5. The van der Waals surface area contributed by atoms with E-state index in [1.54, 1.807) is 0 Å². The zero-order valence-corrected chi connectivity index (χ0v) is 15.3. The first-order valence-corrected chi connectivity index (χ1v) is 9.17. The second kappa shape index (κ2) is 14.2. The van der Waals surface area contributed by atoms with Crippen LogP contribution in [0.25, 0.3) is 0 Å². The van der Waals surface area contributed by atoms with E-state index in [4.69, 9.17) is 4.74 Å². The monoisotopic (exact) mass is 351 g/mol. The summed E-state index contributed by atoms with van der Waals surface area (Å²) in [6, 6.07) is 0. The summed E-state index contributed by atoms with van der Waals surface area (Å²) in [5.74, 6) is 0. The molecule has 1 rings (SSSR count). The minimum absolute atomic E-state index is 0.328. The van der Waals surface area contributed by atoms with Gasteiger partial charge >= 0.3 is 6.09 Å². The van der Waals surface area contributed by atoms with E-state index in [2.05, 4.69) is 27.4 Å². The fraction of sp³-hybridized carbons (Fsp3) is 0.722. The zero-order chi connectivity index (χ0) is 18.2. The van der Waals surface area contributed by atoms with Crippen LogP contribution in [-0.4, -0.2) is 36.4 Å². The summed E-state index contributed by atoms with van der Waals surface area (Å²) in [6.07, 6.45) is 15.5. The van der Waals surface area contributed by atoms with E-state index in [0.717, 1.165) is 57.9 Å². The van der Waals surface area contributed by atoms with Crippen molar-refractivity contribution in [3.63, 3.8) is 0 Å². The normalized spacial score (nSPS) is 10.3.